The van der Waals surface area contributed by atoms with Gasteiger partial charge in [-0.1, -0.05) is 17.7 Å². The van der Waals surface area contributed by atoms with E-state index in [4.69, 9.17) is 17.3 Å². The van der Waals surface area contributed by atoms with Gasteiger partial charge in [-0.2, -0.15) is 0 Å². The van der Waals surface area contributed by atoms with Crippen molar-refractivity contribution >= 4 is 11.6 Å². The third-order valence-electron chi connectivity index (χ3n) is 2.91. The third kappa shape index (κ3) is 2.71. The highest BCUT2D eigenvalue weighted by molar-refractivity contribution is 6.30. The number of hydrogen-bond donors (Lipinski definition) is 2. The molecule has 0 aliphatic heterocycles. The van der Waals surface area contributed by atoms with Crippen LogP contribution in [0, 0.1) is 0 Å². The zero-order chi connectivity index (χ0) is 10.7. The minimum atomic E-state index is 0.574. The van der Waals surface area contributed by atoms with Crippen LogP contribution < -0.4 is 11.1 Å². The van der Waals surface area contributed by atoms with E-state index < -0.39 is 0 Å². The van der Waals surface area contributed by atoms with Gasteiger partial charge in [0.25, 0.3) is 0 Å². The number of nitrogens with one attached hydrogen (secondary N) is 1. The Morgan fingerprint density at radius 3 is 2.93 bits per heavy atom. The maximum atomic E-state index is 5.96. The summed E-state index contributed by atoms with van der Waals surface area (Å²) in [6.07, 6.45) is 3.27. The van der Waals surface area contributed by atoms with E-state index in [1.54, 1.807) is 0 Å². The van der Waals surface area contributed by atoms with Crippen LogP contribution in [0.1, 0.15) is 17.5 Å². The van der Waals surface area contributed by atoms with Crippen LogP contribution in [0.5, 0.6) is 0 Å². The van der Waals surface area contributed by atoms with Crippen molar-refractivity contribution in [3.63, 3.8) is 0 Å². The SMILES string of the molecule is NCCCNC1Cc2ccc(Cl)cc2C1. The van der Waals surface area contributed by atoms with Crippen LogP contribution in [0.4, 0.5) is 0 Å². The first-order chi connectivity index (χ1) is 7.29. The zero-order valence-electron chi connectivity index (χ0n) is 8.80. The quantitative estimate of drug-likeness (QED) is 0.765. The molecule has 0 amide bonds. The zero-order valence-corrected chi connectivity index (χ0v) is 9.56. The van der Waals surface area contributed by atoms with E-state index in [2.05, 4.69) is 17.4 Å². The van der Waals surface area contributed by atoms with Gasteiger partial charge in [0.05, 0.1) is 0 Å². The van der Waals surface area contributed by atoms with Crippen molar-refractivity contribution in [1.29, 1.82) is 0 Å². The molecule has 0 saturated carbocycles. The van der Waals surface area contributed by atoms with Crippen molar-refractivity contribution in [2.24, 2.45) is 5.73 Å². The molecule has 1 aliphatic carbocycles. The number of benzene rings is 1. The summed E-state index contributed by atoms with van der Waals surface area (Å²) < 4.78 is 0. The summed E-state index contributed by atoms with van der Waals surface area (Å²) in [5.74, 6) is 0. The number of rotatable bonds is 4. The highest BCUT2D eigenvalue weighted by atomic mass is 35.5. The van der Waals surface area contributed by atoms with Gasteiger partial charge in [0.1, 0.15) is 0 Å². The minimum absolute atomic E-state index is 0.574. The first-order valence-electron chi connectivity index (χ1n) is 5.50. The molecule has 0 aromatic heterocycles. The summed E-state index contributed by atoms with van der Waals surface area (Å²) in [4.78, 5) is 0. The number of hydrogen-bond acceptors (Lipinski definition) is 2. The Kier molecular flexibility index (Phi) is 3.62. The monoisotopic (exact) mass is 224 g/mol. The molecule has 0 heterocycles. The van der Waals surface area contributed by atoms with E-state index in [1.807, 2.05) is 6.07 Å². The summed E-state index contributed by atoms with van der Waals surface area (Å²) in [5, 5.41) is 4.37. The predicted molar refractivity (Wildman–Crippen MR) is 64.3 cm³/mol. The van der Waals surface area contributed by atoms with Crippen LogP contribution in [0.3, 0.4) is 0 Å². The molecule has 0 bridgehead atoms. The van der Waals surface area contributed by atoms with E-state index in [1.165, 1.54) is 11.1 Å². The second-order valence-corrected chi connectivity index (χ2v) is 4.55. The molecule has 1 aliphatic rings. The second kappa shape index (κ2) is 4.97. The molecule has 1 atom stereocenters. The molecular formula is C12H17ClN2. The Morgan fingerprint density at radius 2 is 2.13 bits per heavy atom. The summed E-state index contributed by atoms with van der Waals surface area (Å²) in [6, 6.07) is 6.77. The summed E-state index contributed by atoms with van der Waals surface area (Å²) in [7, 11) is 0. The van der Waals surface area contributed by atoms with Crippen LogP contribution >= 0.6 is 11.6 Å². The lowest BCUT2D eigenvalue weighted by molar-refractivity contribution is 0.525. The molecule has 3 heteroatoms. The molecule has 0 saturated heterocycles. The molecule has 2 rings (SSSR count). The maximum Gasteiger partial charge on any atom is 0.0408 e. The Balaban J connectivity index is 1.91. The van der Waals surface area contributed by atoms with Crippen molar-refractivity contribution in [1.82, 2.24) is 5.32 Å². The Labute approximate surface area is 95.8 Å². The Bertz CT molecular complexity index is 338. The minimum Gasteiger partial charge on any atom is -0.330 e. The average Bonchev–Trinajstić information content (AvgIpc) is 2.60. The van der Waals surface area contributed by atoms with Crippen LogP contribution in [-0.2, 0) is 12.8 Å². The van der Waals surface area contributed by atoms with E-state index in [0.29, 0.717) is 6.04 Å². The largest absolute Gasteiger partial charge is 0.330 e. The third-order valence-corrected chi connectivity index (χ3v) is 3.15. The molecule has 82 valence electrons. The van der Waals surface area contributed by atoms with Gasteiger partial charge < -0.3 is 11.1 Å². The van der Waals surface area contributed by atoms with Crippen LogP contribution in [0.15, 0.2) is 18.2 Å². The normalized spacial score (nSPS) is 19.2. The Morgan fingerprint density at radius 1 is 1.33 bits per heavy atom. The van der Waals surface area contributed by atoms with Crippen LogP contribution in [0.25, 0.3) is 0 Å². The molecule has 1 unspecified atom stereocenters. The fourth-order valence-electron chi connectivity index (χ4n) is 2.14. The smallest absolute Gasteiger partial charge is 0.0408 e. The Hall–Kier alpha value is -0.570. The van der Waals surface area contributed by atoms with E-state index in [-0.39, 0.29) is 0 Å². The lowest BCUT2D eigenvalue weighted by Gasteiger charge is -2.10. The highest BCUT2D eigenvalue weighted by Crippen LogP contribution is 2.25. The van der Waals surface area contributed by atoms with Crippen molar-refractivity contribution in [2.45, 2.75) is 25.3 Å². The number of halogens is 1. The molecule has 0 spiro atoms. The maximum absolute atomic E-state index is 5.96. The first kappa shape index (κ1) is 10.9. The molecule has 15 heavy (non-hydrogen) atoms. The van der Waals surface area contributed by atoms with Crippen LogP contribution in [0.2, 0.25) is 5.02 Å². The van der Waals surface area contributed by atoms with Crippen molar-refractivity contribution < 1.29 is 0 Å². The lowest BCUT2D eigenvalue weighted by Crippen LogP contribution is -2.31. The number of fused-ring (bicyclic) bond motifs is 1. The van der Waals surface area contributed by atoms with Gasteiger partial charge in [-0.25, -0.2) is 0 Å². The van der Waals surface area contributed by atoms with Gasteiger partial charge in [0.2, 0.25) is 0 Å². The van der Waals surface area contributed by atoms with Gasteiger partial charge >= 0.3 is 0 Å². The lowest BCUT2D eigenvalue weighted by atomic mass is 10.1. The van der Waals surface area contributed by atoms with Crippen molar-refractivity contribution in [2.75, 3.05) is 13.1 Å². The van der Waals surface area contributed by atoms with Crippen LogP contribution in [-0.4, -0.2) is 19.1 Å². The summed E-state index contributed by atoms with van der Waals surface area (Å²) >= 11 is 5.96. The topological polar surface area (TPSA) is 38.0 Å². The molecule has 1 aromatic rings. The van der Waals surface area contributed by atoms with E-state index in [9.17, 15) is 0 Å². The molecule has 3 N–H and O–H groups in total. The molecule has 0 radical (unpaired) electrons. The molecular weight excluding hydrogens is 208 g/mol. The van der Waals surface area contributed by atoms with Gasteiger partial charge in [-0.15, -0.1) is 0 Å². The van der Waals surface area contributed by atoms with Crippen molar-refractivity contribution in [3.8, 4) is 0 Å². The van der Waals surface area contributed by atoms with Gasteiger partial charge in [-0.3, -0.25) is 0 Å². The molecule has 1 aromatic carbocycles. The van der Waals surface area contributed by atoms with E-state index >= 15 is 0 Å². The molecule has 0 fully saturated rings. The number of nitrogens with two attached hydrogens (primary N) is 1. The fraction of sp³-hybridized carbons (Fsp3) is 0.500. The summed E-state index contributed by atoms with van der Waals surface area (Å²) in [5.41, 5.74) is 8.29. The van der Waals surface area contributed by atoms with E-state index in [0.717, 1.165) is 37.4 Å². The van der Waals surface area contributed by atoms with Gasteiger partial charge in [0.15, 0.2) is 0 Å². The highest BCUT2D eigenvalue weighted by Gasteiger charge is 2.20. The van der Waals surface area contributed by atoms with Crippen molar-refractivity contribution in [3.05, 3.63) is 34.3 Å². The average molecular weight is 225 g/mol. The van der Waals surface area contributed by atoms with Gasteiger partial charge in [0, 0.05) is 11.1 Å². The molecule has 2 nitrogen and oxygen atoms in total. The van der Waals surface area contributed by atoms with Gasteiger partial charge in [-0.05, 0) is 55.6 Å². The first-order valence-corrected chi connectivity index (χ1v) is 5.88. The fourth-order valence-corrected chi connectivity index (χ4v) is 2.33. The predicted octanol–water partition coefficient (Wildman–Crippen LogP) is 1.75. The standard InChI is InChI=1S/C12H17ClN2/c13-11-3-2-9-7-12(8-10(9)6-11)15-5-1-4-14/h2-3,6,12,15H,1,4-5,7-8,14H2. The summed E-state index contributed by atoms with van der Waals surface area (Å²) in [6.45, 7) is 1.78. The second-order valence-electron chi connectivity index (χ2n) is 4.11.